The first-order chi connectivity index (χ1) is 8.20. The van der Waals surface area contributed by atoms with Gasteiger partial charge in [0.25, 0.3) is 0 Å². The number of ether oxygens (including phenoxy) is 2. The van der Waals surface area contributed by atoms with E-state index in [0.29, 0.717) is 26.2 Å². The monoisotopic (exact) mass is 243 g/mol. The fourth-order valence-corrected chi connectivity index (χ4v) is 1.85. The zero-order chi connectivity index (χ0) is 12.7. The highest BCUT2D eigenvalue weighted by molar-refractivity contribution is 5.82. The van der Waals surface area contributed by atoms with E-state index in [1.165, 1.54) is 4.90 Å². The summed E-state index contributed by atoms with van der Waals surface area (Å²) in [5, 5.41) is 0. The largest absolute Gasteiger partial charge is 0.464 e. The Morgan fingerprint density at radius 2 is 2.06 bits per heavy atom. The second kappa shape index (κ2) is 7.14. The summed E-state index contributed by atoms with van der Waals surface area (Å²) >= 11 is 0. The first kappa shape index (κ1) is 13.8. The molecule has 0 radical (unpaired) electrons. The van der Waals surface area contributed by atoms with Crippen molar-refractivity contribution in [2.45, 2.75) is 45.6 Å². The standard InChI is InChI=1S/C12H21NO4/c1-3-5-9-17-11(14)10-7-6-8-13(10)12(15)16-4-2/h10H,3-9H2,1-2H3/t10-/m0/s1. The van der Waals surface area contributed by atoms with Crippen LogP contribution >= 0.6 is 0 Å². The molecule has 0 aliphatic carbocycles. The highest BCUT2D eigenvalue weighted by Crippen LogP contribution is 2.19. The Morgan fingerprint density at radius 1 is 1.29 bits per heavy atom. The van der Waals surface area contributed by atoms with Gasteiger partial charge in [0.2, 0.25) is 0 Å². The number of unbranched alkanes of at least 4 members (excludes halogenated alkanes) is 1. The Morgan fingerprint density at radius 3 is 2.71 bits per heavy atom. The van der Waals surface area contributed by atoms with Crippen molar-refractivity contribution >= 4 is 12.1 Å². The van der Waals surface area contributed by atoms with Gasteiger partial charge in [0, 0.05) is 6.54 Å². The normalized spacial score (nSPS) is 19.2. The number of esters is 1. The molecule has 1 amide bonds. The zero-order valence-corrected chi connectivity index (χ0v) is 10.6. The van der Waals surface area contributed by atoms with Crippen LogP contribution in [0.5, 0.6) is 0 Å². The number of nitrogens with zero attached hydrogens (tertiary/aromatic N) is 1. The highest BCUT2D eigenvalue weighted by Gasteiger charge is 2.35. The Labute approximate surface area is 102 Å². The summed E-state index contributed by atoms with van der Waals surface area (Å²) < 4.78 is 10.0. The fraction of sp³-hybridized carbons (Fsp3) is 0.833. The van der Waals surface area contributed by atoms with E-state index in [2.05, 4.69) is 0 Å². The van der Waals surface area contributed by atoms with Crippen LogP contribution in [-0.2, 0) is 14.3 Å². The van der Waals surface area contributed by atoms with Gasteiger partial charge < -0.3 is 9.47 Å². The molecule has 0 aromatic heterocycles. The number of likely N-dealkylation sites (tertiary alicyclic amines) is 1. The lowest BCUT2D eigenvalue weighted by Crippen LogP contribution is -2.41. The van der Waals surface area contributed by atoms with Crippen molar-refractivity contribution in [3.8, 4) is 0 Å². The quantitative estimate of drug-likeness (QED) is 0.547. The molecule has 0 unspecified atom stereocenters. The number of carbonyl (C=O) groups excluding carboxylic acids is 2. The number of amides is 1. The topological polar surface area (TPSA) is 55.8 Å². The second-order valence-corrected chi connectivity index (χ2v) is 4.07. The molecule has 0 bridgehead atoms. The predicted octanol–water partition coefficient (Wildman–Crippen LogP) is 1.95. The number of carbonyl (C=O) groups is 2. The van der Waals surface area contributed by atoms with Crippen LogP contribution in [0.1, 0.15) is 39.5 Å². The van der Waals surface area contributed by atoms with E-state index in [0.717, 1.165) is 19.3 Å². The van der Waals surface area contributed by atoms with Crippen molar-refractivity contribution in [3.63, 3.8) is 0 Å². The van der Waals surface area contributed by atoms with E-state index in [1.54, 1.807) is 6.92 Å². The molecule has 5 heteroatoms. The van der Waals surface area contributed by atoms with Crippen molar-refractivity contribution in [2.75, 3.05) is 19.8 Å². The van der Waals surface area contributed by atoms with Crippen molar-refractivity contribution in [2.24, 2.45) is 0 Å². The van der Waals surface area contributed by atoms with Gasteiger partial charge in [0.15, 0.2) is 0 Å². The molecule has 1 rings (SSSR count). The smallest absolute Gasteiger partial charge is 0.410 e. The second-order valence-electron chi connectivity index (χ2n) is 4.07. The van der Waals surface area contributed by atoms with E-state index >= 15 is 0 Å². The average Bonchev–Trinajstić information content (AvgIpc) is 2.78. The molecule has 0 spiro atoms. The van der Waals surface area contributed by atoms with E-state index < -0.39 is 12.1 Å². The lowest BCUT2D eigenvalue weighted by atomic mass is 10.2. The maximum atomic E-state index is 11.8. The Hall–Kier alpha value is -1.26. The summed E-state index contributed by atoms with van der Waals surface area (Å²) in [5.41, 5.74) is 0. The van der Waals surface area contributed by atoms with E-state index in [-0.39, 0.29) is 5.97 Å². The summed E-state index contributed by atoms with van der Waals surface area (Å²) in [6.45, 7) is 5.12. The molecule has 0 aromatic rings. The summed E-state index contributed by atoms with van der Waals surface area (Å²) in [4.78, 5) is 24.8. The van der Waals surface area contributed by atoms with Gasteiger partial charge in [0.05, 0.1) is 13.2 Å². The first-order valence-electron chi connectivity index (χ1n) is 6.30. The molecule has 98 valence electrons. The van der Waals surface area contributed by atoms with Crippen LogP contribution in [-0.4, -0.2) is 42.8 Å². The molecule has 1 fully saturated rings. The Kier molecular flexibility index (Phi) is 5.80. The van der Waals surface area contributed by atoms with Crippen LogP contribution in [0, 0.1) is 0 Å². The van der Waals surface area contributed by atoms with Gasteiger partial charge in [-0.3, -0.25) is 4.90 Å². The van der Waals surface area contributed by atoms with Gasteiger partial charge >= 0.3 is 12.1 Å². The van der Waals surface area contributed by atoms with Crippen molar-refractivity contribution in [1.29, 1.82) is 0 Å². The molecule has 0 aromatic carbocycles. The van der Waals surface area contributed by atoms with Crippen LogP contribution in [0.15, 0.2) is 0 Å². The van der Waals surface area contributed by atoms with E-state index in [1.807, 2.05) is 6.92 Å². The summed E-state index contributed by atoms with van der Waals surface area (Å²) in [5.74, 6) is -0.302. The molecule has 1 aliphatic heterocycles. The molecule has 1 heterocycles. The molecule has 1 aliphatic rings. The minimum absolute atomic E-state index is 0.302. The van der Waals surface area contributed by atoms with Gasteiger partial charge in [-0.1, -0.05) is 13.3 Å². The predicted molar refractivity (Wildman–Crippen MR) is 62.6 cm³/mol. The lowest BCUT2D eigenvalue weighted by molar-refractivity contribution is -0.148. The highest BCUT2D eigenvalue weighted by atomic mass is 16.6. The third kappa shape index (κ3) is 3.91. The van der Waals surface area contributed by atoms with Crippen molar-refractivity contribution < 1.29 is 19.1 Å². The maximum Gasteiger partial charge on any atom is 0.410 e. The first-order valence-corrected chi connectivity index (χ1v) is 6.30. The molecule has 0 N–H and O–H groups in total. The fourth-order valence-electron chi connectivity index (χ4n) is 1.85. The number of hydrogen-bond donors (Lipinski definition) is 0. The van der Waals surface area contributed by atoms with Gasteiger partial charge in [-0.15, -0.1) is 0 Å². The summed E-state index contributed by atoms with van der Waals surface area (Å²) in [6, 6.07) is -0.453. The SMILES string of the molecule is CCCCOC(=O)[C@@H]1CCCN1C(=O)OCC. The minimum Gasteiger partial charge on any atom is -0.464 e. The van der Waals surface area contributed by atoms with Crippen LogP contribution in [0.4, 0.5) is 4.79 Å². The number of rotatable bonds is 5. The van der Waals surface area contributed by atoms with Gasteiger partial charge in [-0.2, -0.15) is 0 Å². The molecule has 1 atom stereocenters. The third-order valence-electron chi connectivity index (χ3n) is 2.77. The van der Waals surface area contributed by atoms with Crippen LogP contribution < -0.4 is 0 Å². The van der Waals surface area contributed by atoms with E-state index in [4.69, 9.17) is 9.47 Å². The molecule has 5 nitrogen and oxygen atoms in total. The maximum absolute atomic E-state index is 11.8. The Balaban J connectivity index is 2.44. The molecule has 1 saturated heterocycles. The minimum atomic E-state index is -0.453. The van der Waals surface area contributed by atoms with Gasteiger partial charge in [0.1, 0.15) is 6.04 Å². The average molecular weight is 243 g/mol. The van der Waals surface area contributed by atoms with Crippen LogP contribution in [0.25, 0.3) is 0 Å². The van der Waals surface area contributed by atoms with E-state index in [9.17, 15) is 9.59 Å². The molecular formula is C12H21NO4. The zero-order valence-electron chi connectivity index (χ0n) is 10.6. The van der Waals surface area contributed by atoms with Crippen LogP contribution in [0.3, 0.4) is 0 Å². The lowest BCUT2D eigenvalue weighted by Gasteiger charge is -2.22. The third-order valence-corrected chi connectivity index (χ3v) is 2.77. The molecular weight excluding hydrogens is 222 g/mol. The van der Waals surface area contributed by atoms with Crippen molar-refractivity contribution in [1.82, 2.24) is 4.90 Å². The summed E-state index contributed by atoms with van der Waals surface area (Å²) in [6.07, 6.45) is 2.93. The van der Waals surface area contributed by atoms with Crippen molar-refractivity contribution in [3.05, 3.63) is 0 Å². The van der Waals surface area contributed by atoms with Gasteiger partial charge in [-0.25, -0.2) is 9.59 Å². The molecule has 0 saturated carbocycles. The molecule has 17 heavy (non-hydrogen) atoms. The van der Waals surface area contributed by atoms with Crippen LogP contribution in [0.2, 0.25) is 0 Å². The number of hydrogen-bond acceptors (Lipinski definition) is 4. The Bertz CT molecular complexity index is 267. The summed E-state index contributed by atoms with van der Waals surface area (Å²) in [7, 11) is 0. The van der Waals surface area contributed by atoms with Gasteiger partial charge in [-0.05, 0) is 26.2 Å².